The van der Waals surface area contributed by atoms with E-state index in [2.05, 4.69) is 15.5 Å². The molecule has 0 saturated heterocycles. The van der Waals surface area contributed by atoms with Crippen molar-refractivity contribution in [1.29, 1.82) is 0 Å². The average molecular weight is 244 g/mol. The molecule has 92 valence electrons. The summed E-state index contributed by atoms with van der Waals surface area (Å²) >= 11 is 0. The molecule has 18 heavy (non-hydrogen) atoms. The third-order valence-corrected chi connectivity index (χ3v) is 2.45. The number of nitrogens with two attached hydrogens (primary N) is 1. The van der Waals surface area contributed by atoms with Gasteiger partial charge in [-0.25, -0.2) is 0 Å². The van der Waals surface area contributed by atoms with Crippen molar-refractivity contribution >= 4 is 22.5 Å². The van der Waals surface area contributed by atoms with Gasteiger partial charge in [-0.3, -0.25) is 9.78 Å². The monoisotopic (exact) mass is 244 g/mol. The Morgan fingerprint density at radius 3 is 2.94 bits per heavy atom. The van der Waals surface area contributed by atoms with Crippen LogP contribution in [0.5, 0.6) is 0 Å². The van der Waals surface area contributed by atoms with Crippen molar-refractivity contribution in [3.05, 3.63) is 42.2 Å². The highest BCUT2D eigenvalue weighted by molar-refractivity contribution is 6.06. The maximum Gasteiger partial charge on any atom is 0.270 e. The number of fused-ring (bicyclic) bond motifs is 1. The van der Waals surface area contributed by atoms with Gasteiger partial charge in [-0.05, 0) is 11.5 Å². The zero-order valence-electron chi connectivity index (χ0n) is 9.50. The molecule has 0 saturated carbocycles. The number of benzene rings is 1. The van der Waals surface area contributed by atoms with Crippen molar-refractivity contribution in [3.63, 3.8) is 0 Å². The molecule has 1 aromatic heterocycles. The lowest BCUT2D eigenvalue weighted by Gasteiger charge is -2.06. The van der Waals surface area contributed by atoms with E-state index >= 15 is 0 Å². The molecule has 4 N–H and O–H groups in total. The molecule has 1 amide bonds. The van der Waals surface area contributed by atoms with Gasteiger partial charge in [-0.15, -0.1) is 0 Å². The second-order valence-corrected chi connectivity index (χ2v) is 3.65. The summed E-state index contributed by atoms with van der Waals surface area (Å²) in [6.07, 6.45) is 1.57. The Balaban J connectivity index is 2.28. The van der Waals surface area contributed by atoms with Crippen molar-refractivity contribution in [2.75, 3.05) is 6.54 Å². The van der Waals surface area contributed by atoms with Crippen LogP contribution in [0.4, 0.5) is 0 Å². The first-order valence-electron chi connectivity index (χ1n) is 5.30. The molecule has 1 aromatic carbocycles. The normalized spacial score (nSPS) is 11.4. The van der Waals surface area contributed by atoms with Crippen LogP contribution in [0.3, 0.4) is 0 Å². The zero-order valence-corrected chi connectivity index (χ0v) is 9.50. The van der Waals surface area contributed by atoms with Crippen LogP contribution in [0.15, 0.2) is 41.7 Å². The summed E-state index contributed by atoms with van der Waals surface area (Å²) in [7, 11) is 0. The van der Waals surface area contributed by atoms with Crippen LogP contribution in [0.2, 0.25) is 0 Å². The third-order valence-electron chi connectivity index (χ3n) is 2.45. The average Bonchev–Trinajstić information content (AvgIpc) is 2.43. The van der Waals surface area contributed by atoms with Gasteiger partial charge in [-0.2, -0.15) is 0 Å². The number of pyridine rings is 1. The Hall–Kier alpha value is -2.63. The van der Waals surface area contributed by atoms with Crippen LogP contribution in [0.25, 0.3) is 10.8 Å². The van der Waals surface area contributed by atoms with Gasteiger partial charge in [0.05, 0.1) is 6.54 Å². The summed E-state index contributed by atoms with van der Waals surface area (Å²) in [5.74, 6) is -0.429. The Morgan fingerprint density at radius 2 is 2.17 bits per heavy atom. The first-order chi connectivity index (χ1) is 8.72. The SMILES string of the molecule is NC(CNC(=O)c1nccc2ccccc12)=NO. The fraction of sp³-hybridized carbons (Fsp3) is 0.0833. The Morgan fingerprint density at radius 1 is 1.39 bits per heavy atom. The molecule has 1 heterocycles. The molecule has 0 fully saturated rings. The number of nitrogens with one attached hydrogen (secondary N) is 1. The topological polar surface area (TPSA) is 101 Å². The molecule has 0 aliphatic heterocycles. The minimum Gasteiger partial charge on any atom is -0.409 e. The van der Waals surface area contributed by atoms with Crippen molar-refractivity contribution in [1.82, 2.24) is 10.3 Å². The van der Waals surface area contributed by atoms with Crippen molar-refractivity contribution in [3.8, 4) is 0 Å². The molecular formula is C12H12N4O2. The highest BCUT2D eigenvalue weighted by Crippen LogP contribution is 2.15. The van der Waals surface area contributed by atoms with Crippen molar-refractivity contribution in [2.45, 2.75) is 0 Å². The van der Waals surface area contributed by atoms with Crippen molar-refractivity contribution in [2.24, 2.45) is 10.9 Å². The molecule has 0 radical (unpaired) electrons. The second kappa shape index (κ2) is 5.13. The highest BCUT2D eigenvalue weighted by Gasteiger charge is 2.11. The maximum atomic E-state index is 11.9. The summed E-state index contributed by atoms with van der Waals surface area (Å²) in [6.45, 7) is -0.0275. The number of hydrogen-bond donors (Lipinski definition) is 3. The number of aromatic nitrogens is 1. The predicted molar refractivity (Wildman–Crippen MR) is 67.5 cm³/mol. The van der Waals surface area contributed by atoms with Crippen LogP contribution >= 0.6 is 0 Å². The molecule has 0 atom stereocenters. The van der Waals surface area contributed by atoms with Gasteiger partial charge in [0.1, 0.15) is 5.69 Å². The molecule has 0 unspecified atom stereocenters. The fourth-order valence-electron chi connectivity index (χ4n) is 1.59. The summed E-state index contributed by atoms with van der Waals surface area (Å²) in [6, 6.07) is 9.28. The van der Waals surface area contributed by atoms with E-state index in [-0.39, 0.29) is 18.3 Å². The highest BCUT2D eigenvalue weighted by atomic mass is 16.4. The number of rotatable bonds is 3. The van der Waals surface area contributed by atoms with E-state index in [9.17, 15) is 4.79 Å². The van der Waals surface area contributed by atoms with Gasteiger partial charge in [0.15, 0.2) is 5.84 Å². The van der Waals surface area contributed by atoms with E-state index in [1.54, 1.807) is 6.20 Å². The Kier molecular flexibility index (Phi) is 3.38. The molecule has 2 aromatic rings. The summed E-state index contributed by atoms with van der Waals surface area (Å²) in [5.41, 5.74) is 5.60. The number of amides is 1. The van der Waals surface area contributed by atoms with Gasteiger partial charge in [0, 0.05) is 11.6 Å². The van der Waals surface area contributed by atoms with Gasteiger partial charge in [-0.1, -0.05) is 29.4 Å². The van der Waals surface area contributed by atoms with Crippen LogP contribution in [-0.2, 0) is 0 Å². The van der Waals surface area contributed by atoms with Crippen LogP contribution < -0.4 is 11.1 Å². The standard InChI is InChI=1S/C12H12N4O2/c13-10(16-18)7-15-12(17)11-9-4-2-1-3-8(9)5-6-14-11/h1-6,18H,7H2,(H2,13,16)(H,15,17). The first kappa shape index (κ1) is 11.8. The van der Waals surface area contributed by atoms with E-state index in [1.807, 2.05) is 30.3 Å². The zero-order chi connectivity index (χ0) is 13.0. The number of amidine groups is 1. The molecule has 2 rings (SSSR count). The van der Waals surface area contributed by atoms with Gasteiger partial charge >= 0.3 is 0 Å². The lowest BCUT2D eigenvalue weighted by molar-refractivity contribution is 0.0956. The number of nitrogens with zero attached hydrogens (tertiary/aromatic N) is 2. The molecule has 0 bridgehead atoms. The van der Waals surface area contributed by atoms with E-state index in [0.29, 0.717) is 5.69 Å². The molecule has 6 nitrogen and oxygen atoms in total. The minimum absolute atomic E-state index is 0.0275. The van der Waals surface area contributed by atoms with Crippen LogP contribution in [-0.4, -0.2) is 28.5 Å². The molecule has 0 spiro atoms. The van der Waals surface area contributed by atoms with Crippen LogP contribution in [0, 0.1) is 0 Å². The van der Waals surface area contributed by atoms with Crippen LogP contribution in [0.1, 0.15) is 10.5 Å². The van der Waals surface area contributed by atoms with Gasteiger partial charge in [0.2, 0.25) is 0 Å². The molecule has 0 aliphatic rings. The Labute approximate surface area is 103 Å². The maximum absolute atomic E-state index is 11.9. The fourth-order valence-corrected chi connectivity index (χ4v) is 1.59. The second-order valence-electron chi connectivity index (χ2n) is 3.65. The van der Waals surface area contributed by atoms with Gasteiger partial charge in [0.25, 0.3) is 5.91 Å². The largest absolute Gasteiger partial charge is 0.409 e. The molecule has 0 aliphatic carbocycles. The summed E-state index contributed by atoms with van der Waals surface area (Å²) in [4.78, 5) is 16.0. The van der Waals surface area contributed by atoms with Crippen molar-refractivity contribution < 1.29 is 10.0 Å². The quantitative estimate of drug-likeness (QED) is 0.320. The lowest BCUT2D eigenvalue weighted by atomic mass is 10.1. The number of carbonyl (C=O) groups excluding carboxylic acids is 1. The van der Waals surface area contributed by atoms with E-state index in [4.69, 9.17) is 10.9 Å². The van der Waals surface area contributed by atoms with E-state index in [0.717, 1.165) is 10.8 Å². The lowest BCUT2D eigenvalue weighted by Crippen LogP contribution is -2.34. The smallest absolute Gasteiger partial charge is 0.270 e. The van der Waals surface area contributed by atoms with E-state index in [1.165, 1.54) is 0 Å². The third kappa shape index (κ3) is 2.37. The molecule has 6 heteroatoms. The number of oxime groups is 1. The summed E-state index contributed by atoms with van der Waals surface area (Å²) in [5, 5.41) is 15.4. The van der Waals surface area contributed by atoms with E-state index < -0.39 is 0 Å². The Bertz CT molecular complexity index is 605. The minimum atomic E-state index is -0.363. The van der Waals surface area contributed by atoms with Gasteiger partial charge < -0.3 is 16.3 Å². The summed E-state index contributed by atoms with van der Waals surface area (Å²) < 4.78 is 0. The number of hydrogen-bond acceptors (Lipinski definition) is 4. The first-order valence-corrected chi connectivity index (χ1v) is 5.30. The predicted octanol–water partition coefficient (Wildman–Crippen LogP) is 0.711. The number of carbonyl (C=O) groups is 1. The molecular weight excluding hydrogens is 232 g/mol.